The van der Waals surface area contributed by atoms with Crippen molar-refractivity contribution in [1.29, 1.82) is 0 Å². The zero-order valence-corrected chi connectivity index (χ0v) is 12.1. The van der Waals surface area contributed by atoms with Crippen LogP contribution in [0.25, 0.3) is 5.76 Å². The van der Waals surface area contributed by atoms with Crippen LogP contribution in [0.5, 0.6) is 0 Å². The first-order chi connectivity index (χ1) is 9.84. The highest BCUT2D eigenvalue weighted by molar-refractivity contribution is 7.98. The molecule has 104 valence electrons. The molecule has 2 heterocycles. The van der Waals surface area contributed by atoms with Crippen molar-refractivity contribution in [1.82, 2.24) is 9.78 Å². The lowest BCUT2D eigenvalue weighted by Crippen LogP contribution is -2.07. The molecule has 5 heteroatoms. The van der Waals surface area contributed by atoms with Gasteiger partial charge in [-0.3, -0.25) is 4.68 Å². The number of benzene rings is 1. The maximum Gasteiger partial charge on any atom is 0.165 e. The number of hydrogen-bond acceptors (Lipinski definition) is 4. The van der Waals surface area contributed by atoms with Crippen LogP contribution in [0, 0.1) is 0 Å². The molecule has 0 unspecified atom stereocenters. The van der Waals surface area contributed by atoms with Gasteiger partial charge in [0.1, 0.15) is 24.5 Å². The molecule has 1 aromatic carbocycles. The van der Waals surface area contributed by atoms with Crippen LogP contribution >= 0.6 is 11.8 Å². The van der Waals surface area contributed by atoms with Gasteiger partial charge in [0.25, 0.3) is 0 Å². The highest BCUT2D eigenvalue weighted by atomic mass is 32.2. The number of nitrogens with zero attached hydrogens (tertiary/aromatic N) is 2. The van der Waals surface area contributed by atoms with Crippen molar-refractivity contribution in [3.63, 3.8) is 0 Å². The molecule has 0 bridgehead atoms. The Kier molecular flexibility index (Phi) is 3.97. The first-order valence-corrected chi connectivity index (χ1v) is 7.47. The van der Waals surface area contributed by atoms with Crippen molar-refractivity contribution in [2.45, 2.75) is 10.8 Å². The van der Waals surface area contributed by atoms with Crippen LogP contribution in [0.1, 0.15) is 11.1 Å². The lowest BCUT2D eigenvalue weighted by Gasteiger charge is -2.15. The summed E-state index contributed by atoms with van der Waals surface area (Å²) in [5, 5.41) is 5.41. The summed E-state index contributed by atoms with van der Waals surface area (Å²) in [5.41, 5.74) is 2.28. The Balaban J connectivity index is 1.79. The van der Waals surface area contributed by atoms with E-state index in [-0.39, 0.29) is 0 Å². The SMILES string of the molecule is Cn1ncc(C2=COCCO2)c1SCc1ccccc1. The standard InChI is InChI=1S/C15H16N2O2S/c1-17-15(20-11-12-5-3-2-4-6-12)13(9-16-17)14-10-18-7-8-19-14/h2-6,9-10H,7-8,11H2,1H3. The molecule has 1 aromatic heterocycles. The summed E-state index contributed by atoms with van der Waals surface area (Å²) in [6.07, 6.45) is 3.50. The normalized spacial score (nSPS) is 14.3. The number of ether oxygens (including phenoxy) is 2. The first-order valence-electron chi connectivity index (χ1n) is 6.48. The fourth-order valence-corrected chi connectivity index (χ4v) is 3.04. The minimum absolute atomic E-state index is 0.587. The van der Waals surface area contributed by atoms with E-state index in [2.05, 4.69) is 29.4 Å². The van der Waals surface area contributed by atoms with Gasteiger partial charge in [0.15, 0.2) is 5.76 Å². The van der Waals surface area contributed by atoms with E-state index in [4.69, 9.17) is 9.47 Å². The minimum atomic E-state index is 0.587. The lowest BCUT2D eigenvalue weighted by atomic mass is 10.2. The summed E-state index contributed by atoms with van der Waals surface area (Å²) in [6, 6.07) is 10.4. The molecule has 0 atom stereocenters. The second kappa shape index (κ2) is 6.05. The molecule has 4 nitrogen and oxygen atoms in total. The van der Waals surface area contributed by atoms with Crippen LogP contribution in [0.3, 0.4) is 0 Å². The third kappa shape index (κ3) is 2.82. The van der Waals surface area contributed by atoms with Gasteiger partial charge in [-0.05, 0) is 5.56 Å². The van der Waals surface area contributed by atoms with Crippen LogP contribution in [0.4, 0.5) is 0 Å². The Hall–Kier alpha value is -1.88. The van der Waals surface area contributed by atoms with Crippen LogP contribution in [0.15, 0.2) is 47.8 Å². The van der Waals surface area contributed by atoms with E-state index in [1.807, 2.05) is 24.0 Å². The summed E-state index contributed by atoms with van der Waals surface area (Å²) < 4.78 is 12.8. The Morgan fingerprint density at radius 2 is 2.10 bits per heavy atom. The summed E-state index contributed by atoms with van der Waals surface area (Å²) >= 11 is 1.75. The van der Waals surface area contributed by atoms with Crippen molar-refractivity contribution in [3.8, 4) is 0 Å². The first kappa shape index (κ1) is 13.1. The number of thioether (sulfide) groups is 1. The Labute approximate surface area is 122 Å². The van der Waals surface area contributed by atoms with Crippen molar-refractivity contribution < 1.29 is 9.47 Å². The third-order valence-corrected chi connectivity index (χ3v) is 4.25. The molecule has 0 fully saturated rings. The molecule has 1 aliphatic heterocycles. The number of rotatable bonds is 4. The topological polar surface area (TPSA) is 36.3 Å². The van der Waals surface area contributed by atoms with E-state index in [0.29, 0.717) is 13.2 Å². The van der Waals surface area contributed by atoms with Crippen molar-refractivity contribution in [3.05, 3.63) is 53.9 Å². The van der Waals surface area contributed by atoms with Gasteiger partial charge in [0.2, 0.25) is 0 Å². The van der Waals surface area contributed by atoms with E-state index in [1.165, 1.54) is 5.56 Å². The predicted octanol–water partition coefficient (Wildman–Crippen LogP) is 3.06. The molecular formula is C15H16N2O2S. The Bertz CT molecular complexity index is 608. The zero-order chi connectivity index (χ0) is 13.8. The fraction of sp³-hybridized carbons (Fsp3) is 0.267. The zero-order valence-electron chi connectivity index (χ0n) is 11.3. The van der Waals surface area contributed by atoms with Gasteiger partial charge >= 0.3 is 0 Å². The molecule has 0 saturated heterocycles. The average Bonchev–Trinajstić information content (AvgIpc) is 2.88. The van der Waals surface area contributed by atoms with Crippen LogP contribution in [-0.2, 0) is 22.3 Å². The highest BCUT2D eigenvalue weighted by Gasteiger charge is 2.17. The molecular weight excluding hydrogens is 272 g/mol. The van der Waals surface area contributed by atoms with Gasteiger partial charge in [-0.2, -0.15) is 5.10 Å². The van der Waals surface area contributed by atoms with Crippen LogP contribution < -0.4 is 0 Å². The maximum absolute atomic E-state index is 5.64. The molecule has 0 amide bonds. The van der Waals surface area contributed by atoms with Crippen LogP contribution in [-0.4, -0.2) is 23.0 Å². The fourth-order valence-electron chi connectivity index (χ4n) is 2.00. The summed E-state index contributed by atoms with van der Waals surface area (Å²) in [7, 11) is 1.95. The van der Waals surface area contributed by atoms with Gasteiger partial charge < -0.3 is 9.47 Å². The predicted molar refractivity (Wildman–Crippen MR) is 79.1 cm³/mol. The lowest BCUT2D eigenvalue weighted by molar-refractivity contribution is 0.125. The number of hydrogen-bond donors (Lipinski definition) is 0. The minimum Gasteiger partial charge on any atom is -0.494 e. The van der Waals surface area contributed by atoms with E-state index >= 15 is 0 Å². The van der Waals surface area contributed by atoms with Gasteiger partial charge in [0.05, 0.1) is 11.8 Å². The second-order valence-electron chi connectivity index (χ2n) is 4.46. The molecule has 1 aliphatic rings. The molecule has 0 saturated carbocycles. The molecule has 20 heavy (non-hydrogen) atoms. The molecule has 0 radical (unpaired) electrons. The van der Waals surface area contributed by atoms with Gasteiger partial charge in [-0.15, -0.1) is 11.8 Å². The molecule has 0 N–H and O–H groups in total. The van der Waals surface area contributed by atoms with Gasteiger partial charge in [-0.25, -0.2) is 0 Å². The molecule has 3 rings (SSSR count). The maximum atomic E-state index is 5.64. The van der Waals surface area contributed by atoms with Crippen molar-refractivity contribution in [2.75, 3.05) is 13.2 Å². The average molecular weight is 288 g/mol. The summed E-state index contributed by atoms with van der Waals surface area (Å²) in [5.74, 6) is 1.67. The largest absolute Gasteiger partial charge is 0.494 e. The van der Waals surface area contributed by atoms with Gasteiger partial charge in [0, 0.05) is 12.8 Å². The van der Waals surface area contributed by atoms with E-state index < -0.39 is 0 Å². The number of aromatic nitrogens is 2. The third-order valence-electron chi connectivity index (χ3n) is 3.02. The second-order valence-corrected chi connectivity index (χ2v) is 5.43. The van der Waals surface area contributed by atoms with Crippen LogP contribution in [0.2, 0.25) is 0 Å². The monoisotopic (exact) mass is 288 g/mol. The summed E-state index contributed by atoms with van der Waals surface area (Å²) in [4.78, 5) is 0. The number of aryl methyl sites for hydroxylation is 1. The quantitative estimate of drug-likeness (QED) is 0.810. The highest BCUT2D eigenvalue weighted by Crippen LogP contribution is 2.31. The smallest absolute Gasteiger partial charge is 0.165 e. The van der Waals surface area contributed by atoms with E-state index in [1.54, 1.807) is 18.0 Å². The van der Waals surface area contributed by atoms with E-state index in [0.717, 1.165) is 22.1 Å². The Morgan fingerprint density at radius 3 is 2.85 bits per heavy atom. The van der Waals surface area contributed by atoms with Crippen molar-refractivity contribution >= 4 is 17.5 Å². The Morgan fingerprint density at radius 1 is 1.25 bits per heavy atom. The molecule has 0 spiro atoms. The summed E-state index contributed by atoms with van der Waals surface area (Å²) in [6.45, 7) is 1.19. The molecule has 2 aromatic rings. The van der Waals surface area contributed by atoms with Gasteiger partial charge in [-0.1, -0.05) is 30.3 Å². The van der Waals surface area contributed by atoms with Crippen molar-refractivity contribution in [2.24, 2.45) is 7.05 Å². The van der Waals surface area contributed by atoms with E-state index in [9.17, 15) is 0 Å². The molecule has 0 aliphatic carbocycles.